The molecule has 0 saturated heterocycles. The predicted molar refractivity (Wildman–Crippen MR) is 50.3 cm³/mol. The average Bonchev–Trinajstić information content (AvgIpc) is 2.61. The highest BCUT2D eigenvalue weighted by molar-refractivity contribution is 7.19. The number of hydrogen-bond acceptors (Lipinski definition) is 2. The Bertz CT molecular complexity index is 444. The van der Waals surface area contributed by atoms with E-state index in [0.717, 1.165) is 22.2 Å². The second kappa shape index (κ2) is 2.65. The summed E-state index contributed by atoms with van der Waals surface area (Å²) in [5.41, 5.74) is 1.85. The van der Waals surface area contributed by atoms with Crippen molar-refractivity contribution in [2.75, 3.05) is 0 Å². The number of H-pyrrole nitrogens is 1. The fourth-order valence-electron chi connectivity index (χ4n) is 1.22. The van der Waals surface area contributed by atoms with E-state index in [4.69, 9.17) is 5.26 Å². The summed E-state index contributed by atoms with van der Waals surface area (Å²) in [6.07, 6.45) is 2.80. The van der Waals surface area contributed by atoms with Crippen LogP contribution in [-0.2, 0) is 6.42 Å². The monoisotopic (exact) mass is 176 g/mol. The second-order valence-corrected chi connectivity index (χ2v) is 3.76. The fraction of sp³-hybridized carbons (Fsp3) is 0.222. The van der Waals surface area contributed by atoms with Crippen molar-refractivity contribution in [3.05, 3.63) is 22.7 Å². The standard InChI is InChI=1S/C9H8N2S/c1-2-7-3-8-9(12-7)6(4-10)5-11-8/h3,5,11H,2H2,1H3. The third-order valence-electron chi connectivity index (χ3n) is 1.87. The third kappa shape index (κ3) is 0.926. The molecule has 0 bridgehead atoms. The molecule has 0 aliphatic rings. The Morgan fingerprint density at radius 1 is 1.67 bits per heavy atom. The van der Waals surface area contributed by atoms with Crippen LogP contribution in [0.3, 0.4) is 0 Å². The van der Waals surface area contributed by atoms with Crippen molar-refractivity contribution < 1.29 is 0 Å². The Balaban J connectivity index is 2.70. The van der Waals surface area contributed by atoms with E-state index in [2.05, 4.69) is 24.0 Å². The van der Waals surface area contributed by atoms with Crippen molar-refractivity contribution in [2.24, 2.45) is 0 Å². The van der Waals surface area contributed by atoms with Gasteiger partial charge in [-0.3, -0.25) is 0 Å². The van der Waals surface area contributed by atoms with Crippen LogP contribution in [0.25, 0.3) is 10.2 Å². The lowest BCUT2D eigenvalue weighted by Gasteiger charge is -1.81. The molecule has 0 aromatic carbocycles. The minimum absolute atomic E-state index is 0.759. The number of aromatic amines is 1. The van der Waals surface area contributed by atoms with Gasteiger partial charge in [-0.1, -0.05) is 6.92 Å². The van der Waals surface area contributed by atoms with Crippen LogP contribution >= 0.6 is 11.3 Å². The van der Waals surface area contributed by atoms with Crippen LogP contribution in [0.4, 0.5) is 0 Å². The first-order chi connectivity index (χ1) is 5.85. The molecule has 3 heteroatoms. The number of hydrogen-bond donors (Lipinski definition) is 1. The number of fused-ring (bicyclic) bond motifs is 1. The van der Waals surface area contributed by atoms with Crippen LogP contribution in [-0.4, -0.2) is 4.98 Å². The molecule has 0 saturated carbocycles. The molecular formula is C9H8N2S. The fourth-order valence-corrected chi connectivity index (χ4v) is 2.25. The lowest BCUT2D eigenvalue weighted by Crippen LogP contribution is -1.66. The Morgan fingerprint density at radius 2 is 2.50 bits per heavy atom. The van der Waals surface area contributed by atoms with Crippen molar-refractivity contribution in [2.45, 2.75) is 13.3 Å². The van der Waals surface area contributed by atoms with Crippen molar-refractivity contribution in [3.8, 4) is 6.07 Å². The van der Waals surface area contributed by atoms with E-state index in [1.807, 2.05) is 0 Å². The SMILES string of the molecule is CCc1cc2[nH]cc(C#N)c2s1. The van der Waals surface area contributed by atoms with E-state index in [1.54, 1.807) is 17.5 Å². The molecule has 0 spiro atoms. The predicted octanol–water partition coefficient (Wildman–Crippen LogP) is 2.66. The average molecular weight is 176 g/mol. The topological polar surface area (TPSA) is 39.6 Å². The van der Waals surface area contributed by atoms with Gasteiger partial charge in [0.05, 0.1) is 15.8 Å². The number of thiophene rings is 1. The molecule has 2 heterocycles. The number of rotatable bonds is 1. The normalized spacial score (nSPS) is 10.3. The molecular weight excluding hydrogens is 168 g/mol. The minimum Gasteiger partial charge on any atom is -0.359 e. The molecule has 2 aromatic heterocycles. The van der Waals surface area contributed by atoms with Crippen molar-refractivity contribution in [1.29, 1.82) is 5.26 Å². The molecule has 1 N–H and O–H groups in total. The lowest BCUT2D eigenvalue weighted by atomic mass is 10.3. The maximum atomic E-state index is 8.74. The molecule has 2 aromatic rings. The number of nitrogens with zero attached hydrogens (tertiary/aromatic N) is 1. The maximum Gasteiger partial charge on any atom is 0.102 e. The quantitative estimate of drug-likeness (QED) is 0.712. The van der Waals surface area contributed by atoms with Gasteiger partial charge in [-0.15, -0.1) is 11.3 Å². The lowest BCUT2D eigenvalue weighted by molar-refractivity contribution is 1.19. The van der Waals surface area contributed by atoms with E-state index in [-0.39, 0.29) is 0 Å². The van der Waals surface area contributed by atoms with E-state index in [0.29, 0.717) is 0 Å². The summed E-state index contributed by atoms with van der Waals surface area (Å²) >= 11 is 1.70. The van der Waals surface area contributed by atoms with E-state index >= 15 is 0 Å². The van der Waals surface area contributed by atoms with Crippen molar-refractivity contribution >= 4 is 21.6 Å². The first kappa shape index (κ1) is 7.38. The van der Waals surface area contributed by atoms with Gasteiger partial charge in [-0.2, -0.15) is 5.26 Å². The molecule has 0 atom stereocenters. The van der Waals surface area contributed by atoms with E-state index in [9.17, 15) is 0 Å². The Kier molecular flexibility index (Phi) is 1.63. The molecule has 0 unspecified atom stereocenters. The molecule has 12 heavy (non-hydrogen) atoms. The van der Waals surface area contributed by atoms with Gasteiger partial charge in [-0.05, 0) is 12.5 Å². The van der Waals surface area contributed by atoms with Crippen LogP contribution in [0.15, 0.2) is 12.3 Å². The van der Waals surface area contributed by atoms with Gasteiger partial charge >= 0.3 is 0 Å². The molecule has 0 aliphatic heterocycles. The summed E-state index contributed by atoms with van der Waals surface area (Å²) < 4.78 is 1.09. The zero-order chi connectivity index (χ0) is 8.55. The number of aryl methyl sites for hydroxylation is 1. The summed E-state index contributed by atoms with van der Waals surface area (Å²) in [6, 6.07) is 4.28. The maximum absolute atomic E-state index is 8.74. The van der Waals surface area contributed by atoms with Gasteiger partial charge in [0, 0.05) is 11.1 Å². The highest BCUT2D eigenvalue weighted by atomic mass is 32.1. The van der Waals surface area contributed by atoms with Crippen LogP contribution in [0.5, 0.6) is 0 Å². The van der Waals surface area contributed by atoms with Crippen LogP contribution < -0.4 is 0 Å². The second-order valence-electron chi connectivity index (χ2n) is 2.62. The van der Waals surface area contributed by atoms with Gasteiger partial charge in [-0.25, -0.2) is 0 Å². The first-order valence-corrected chi connectivity index (χ1v) is 4.66. The van der Waals surface area contributed by atoms with Crippen LogP contribution in [0.2, 0.25) is 0 Å². The zero-order valence-corrected chi connectivity index (χ0v) is 7.53. The van der Waals surface area contributed by atoms with Gasteiger partial charge in [0.2, 0.25) is 0 Å². The summed E-state index contributed by atoms with van der Waals surface area (Å²) in [4.78, 5) is 4.41. The Hall–Kier alpha value is -1.27. The molecule has 60 valence electrons. The van der Waals surface area contributed by atoms with Gasteiger partial charge in [0.1, 0.15) is 6.07 Å². The smallest absolute Gasteiger partial charge is 0.102 e. The highest BCUT2D eigenvalue weighted by Gasteiger charge is 2.06. The first-order valence-electron chi connectivity index (χ1n) is 3.85. The molecule has 0 aliphatic carbocycles. The minimum atomic E-state index is 0.759. The Morgan fingerprint density at radius 3 is 3.17 bits per heavy atom. The third-order valence-corrected chi connectivity index (χ3v) is 3.18. The summed E-state index contributed by atoms with van der Waals surface area (Å²) in [5, 5.41) is 8.74. The van der Waals surface area contributed by atoms with E-state index in [1.165, 1.54) is 4.88 Å². The van der Waals surface area contributed by atoms with Gasteiger partial charge < -0.3 is 4.98 Å². The highest BCUT2D eigenvalue weighted by Crippen LogP contribution is 2.27. The molecule has 0 amide bonds. The number of aromatic nitrogens is 1. The summed E-state index contributed by atoms with van der Waals surface area (Å²) in [6.45, 7) is 2.12. The van der Waals surface area contributed by atoms with Crippen molar-refractivity contribution in [1.82, 2.24) is 4.98 Å². The Labute approximate surface area is 74.4 Å². The van der Waals surface area contributed by atoms with E-state index < -0.39 is 0 Å². The van der Waals surface area contributed by atoms with Gasteiger partial charge in [0.25, 0.3) is 0 Å². The largest absolute Gasteiger partial charge is 0.359 e. The van der Waals surface area contributed by atoms with Crippen LogP contribution in [0, 0.1) is 11.3 Å². The summed E-state index contributed by atoms with van der Waals surface area (Å²) in [7, 11) is 0. The molecule has 2 nitrogen and oxygen atoms in total. The molecule has 0 radical (unpaired) electrons. The number of nitriles is 1. The molecule has 2 rings (SSSR count). The summed E-state index contributed by atoms with van der Waals surface area (Å²) in [5.74, 6) is 0. The zero-order valence-electron chi connectivity index (χ0n) is 6.72. The van der Waals surface area contributed by atoms with Crippen LogP contribution in [0.1, 0.15) is 17.4 Å². The number of nitrogens with one attached hydrogen (secondary N) is 1. The van der Waals surface area contributed by atoms with Gasteiger partial charge in [0.15, 0.2) is 0 Å². The van der Waals surface area contributed by atoms with Crippen molar-refractivity contribution in [3.63, 3.8) is 0 Å². The molecule has 0 fully saturated rings.